The Morgan fingerprint density at radius 3 is 2.15 bits per heavy atom. The van der Waals surface area contributed by atoms with E-state index in [1.807, 2.05) is 91.0 Å². The molecule has 1 heterocycles. The number of fused-ring (bicyclic) bond motifs is 1. The second-order valence-electron chi connectivity index (χ2n) is 9.50. The largest absolute Gasteiger partial charge is 1.00 e. The summed E-state index contributed by atoms with van der Waals surface area (Å²) in [4.78, 5) is 28.0. The van der Waals surface area contributed by atoms with Crippen molar-refractivity contribution in [2.24, 2.45) is 0 Å². The highest BCUT2D eigenvalue weighted by molar-refractivity contribution is 5.97. The van der Waals surface area contributed by atoms with Crippen molar-refractivity contribution in [1.82, 2.24) is 0 Å². The number of rotatable bonds is 10. The Kier molecular flexibility index (Phi) is 9.02. The summed E-state index contributed by atoms with van der Waals surface area (Å²) < 4.78 is 16.4. The van der Waals surface area contributed by atoms with E-state index in [4.69, 9.17) is 14.2 Å². The molecule has 1 aliphatic heterocycles. The van der Waals surface area contributed by atoms with E-state index in [0.29, 0.717) is 35.9 Å². The number of carbonyl (C=O) groups is 2. The van der Waals surface area contributed by atoms with Crippen LogP contribution in [-0.4, -0.2) is 36.6 Å². The molecule has 0 aliphatic carbocycles. The van der Waals surface area contributed by atoms with Crippen molar-refractivity contribution in [2.75, 3.05) is 20.4 Å². The van der Waals surface area contributed by atoms with E-state index in [-0.39, 0.29) is 48.3 Å². The van der Waals surface area contributed by atoms with Crippen molar-refractivity contribution in [3.63, 3.8) is 0 Å². The fourth-order valence-electron chi connectivity index (χ4n) is 4.87. The van der Waals surface area contributed by atoms with E-state index >= 15 is 0 Å². The third kappa shape index (κ3) is 6.66. The zero-order chi connectivity index (χ0) is 26.4. The summed E-state index contributed by atoms with van der Waals surface area (Å²) in [6.07, 6.45) is 0.163. The van der Waals surface area contributed by atoms with Crippen LogP contribution in [0.5, 0.6) is 17.2 Å². The minimum absolute atomic E-state index is 0. The topological polar surface area (TPSA) is 61.8 Å². The molecule has 4 aromatic carbocycles. The minimum atomic E-state index is -0.0822. The SMILES string of the molecule is COc1cccc(CC(=O)[N+](CC(=O)c2ccccc2)(Cc2ccccc2)Cc2ccc3c(c2)OCO3)c1.[Cl-]. The number of benzene rings is 4. The van der Waals surface area contributed by atoms with E-state index < -0.39 is 0 Å². The molecule has 0 spiro atoms. The number of methoxy groups -OCH3 is 1. The van der Waals surface area contributed by atoms with Crippen LogP contribution < -0.4 is 26.6 Å². The van der Waals surface area contributed by atoms with Gasteiger partial charge in [0, 0.05) is 16.7 Å². The van der Waals surface area contributed by atoms with Gasteiger partial charge < -0.3 is 26.6 Å². The van der Waals surface area contributed by atoms with Crippen LogP contribution in [0.3, 0.4) is 0 Å². The molecular weight excluding hydrogens is 514 g/mol. The predicted octanol–water partition coefficient (Wildman–Crippen LogP) is 2.60. The van der Waals surface area contributed by atoms with E-state index in [1.165, 1.54) is 0 Å². The Balaban J connectivity index is 0.00000353. The Morgan fingerprint density at radius 2 is 1.41 bits per heavy atom. The van der Waals surface area contributed by atoms with E-state index in [0.717, 1.165) is 16.7 Å². The van der Waals surface area contributed by atoms with Gasteiger partial charge in [0.2, 0.25) is 12.6 Å². The molecule has 0 aromatic heterocycles. The third-order valence-corrected chi connectivity index (χ3v) is 6.81. The molecule has 5 rings (SSSR count). The fraction of sp³-hybridized carbons (Fsp3) is 0.188. The van der Waals surface area contributed by atoms with Crippen LogP contribution in [0.15, 0.2) is 103 Å². The van der Waals surface area contributed by atoms with E-state index in [2.05, 4.69) is 0 Å². The molecule has 0 radical (unpaired) electrons. The number of carbonyl (C=O) groups excluding carboxylic acids is 2. The third-order valence-electron chi connectivity index (χ3n) is 6.81. The summed E-state index contributed by atoms with van der Waals surface area (Å²) in [5.41, 5.74) is 3.30. The van der Waals surface area contributed by atoms with Gasteiger partial charge >= 0.3 is 5.91 Å². The molecule has 1 atom stereocenters. The molecule has 200 valence electrons. The molecule has 6 nitrogen and oxygen atoms in total. The zero-order valence-electron chi connectivity index (χ0n) is 21.7. The average Bonchev–Trinajstić information content (AvgIpc) is 3.42. The molecule has 1 unspecified atom stereocenters. The van der Waals surface area contributed by atoms with Crippen LogP contribution >= 0.6 is 0 Å². The van der Waals surface area contributed by atoms with Crippen LogP contribution in [-0.2, 0) is 24.3 Å². The fourth-order valence-corrected chi connectivity index (χ4v) is 4.87. The van der Waals surface area contributed by atoms with Gasteiger partial charge in [0.05, 0.1) is 13.5 Å². The van der Waals surface area contributed by atoms with Crippen molar-refractivity contribution >= 4 is 11.7 Å². The first-order valence-corrected chi connectivity index (χ1v) is 12.6. The molecule has 1 amide bonds. The standard InChI is InChI=1S/C32H30NO5.ClH/c1-36-28-14-8-11-25(17-28)19-32(35)33(20-24-9-4-2-5-10-24,22-29(34)27-12-6-3-7-13-27)21-26-15-16-30-31(18-26)38-23-37-30;/h2-18H,19-23H2,1H3;1H/q+1;/p-1. The zero-order valence-corrected chi connectivity index (χ0v) is 22.5. The van der Waals surface area contributed by atoms with Crippen molar-refractivity contribution in [3.8, 4) is 17.2 Å². The van der Waals surface area contributed by atoms with Gasteiger partial charge in [0.25, 0.3) is 0 Å². The molecule has 0 N–H and O–H groups in total. The van der Waals surface area contributed by atoms with Crippen molar-refractivity contribution < 1.29 is 40.7 Å². The van der Waals surface area contributed by atoms with Gasteiger partial charge in [-0.25, -0.2) is 9.28 Å². The number of halogens is 1. The van der Waals surface area contributed by atoms with Gasteiger partial charge in [-0.3, -0.25) is 4.79 Å². The molecule has 39 heavy (non-hydrogen) atoms. The molecule has 4 aromatic rings. The minimum Gasteiger partial charge on any atom is -1.00 e. The number of ketones is 1. The van der Waals surface area contributed by atoms with Crippen LogP contribution in [0.4, 0.5) is 0 Å². The summed E-state index contributed by atoms with van der Waals surface area (Å²) in [5.74, 6) is 1.88. The lowest BCUT2D eigenvalue weighted by atomic mass is 10.0. The Bertz CT molecular complexity index is 1430. The number of hydrogen-bond donors (Lipinski definition) is 0. The predicted molar refractivity (Wildman–Crippen MR) is 144 cm³/mol. The number of Topliss-reactive ketones (excluding diaryl/α,β-unsaturated/α-hetero) is 1. The smallest absolute Gasteiger partial charge is 0.319 e. The Labute approximate surface area is 234 Å². The van der Waals surface area contributed by atoms with Gasteiger partial charge in [0.1, 0.15) is 18.8 Å². The maximum absolute atomic E-state index is 14.4. The number of quaternary nitrogens is 1. The van der Waals surface area contributed by atoms with Crippen LogP contribution in [0.1, 0.15) is 27.0 Å². The molecule has 0 saturated carbocycles. The van der Waals surface area contributed by atoms with Gasteiger partial charge in [-0.15, -0.1) is 0 Å². The van der Waals surface area contributed by atoms with E-state index in [9.17, 15) is 9.59 Å². The summed E-state index contributed by atoms with van der Waals surface area (Å²) in [5, 5.41) is 0. The second-order valence-corrected chi connectivity index (χ2v) is 9.50. The van der Waals surface area contributed by atoms with Crippen molar-refractivity contribution in [2.45, 2.75) is 19.5 Å². The summed E-state index contributed by atoms with van der Waals surface area (Å²) in [6.45, 7) is 0.893. The second kappa shape index (κ2) is 12.6. The van der Waals surface area contributed by atoms with Gasteiger partial charge in [-0.1, -0.05) is 72.8 Å². The summed E-state index contributed by atoms with van der Waals surface area (Å²) in [7, 11) is 1.61. The lowest BCUT2D eigenvalue weighted by molar-refractivity contribution is -0.873. The van der Waals surface area contributed by atoms with Crippen molar-refractivity contribution in [1.29, 1.82) is 0 Å². The first-order chi connectivity index (χ1) is 18.5. The highest BCUT2D eigenvalue weighted by Gasteiger charge is 2.40. The Morgan fingerprint density at radius 1 is 0.744 bits per heavy atom. The van der Waals surface area contributed by atoms with Crippen LogP contribution in [0.2, 0.25) is 0 Å². The number of nitrogens with zero attached hydrogens (tertiary/aromatic N) is 1. The normalized spacial score (nSPS) is 13.2. The molecule has 7 heteroatoms. The lowest BCUT2D eigenvalue weighted by Gasteiger charge is -2.36. The van der Waals surface area contributed by atoms with E-state index in [1.54, 1.807) is 19.2 Å². The molecule has 0 bridgehead atoms. The van der Waals surface area contributed by atoms with Gasteiger partial charge in [-0.2, -0.15) is 0 Å². The van der Waals surface area contributed by atoms with Gasteiger partial charge in [0.15, 0.2) is 18.0 Å². The molecule has 0 fully saturated rings. The average molecular weight is 544 g/mol. The van der Waals surface area contributed by atoms with Crippen LogP contribution in [0.25, 0.3) is 0 Å². The summed E-state index contributed by atoms with van der Waals surface area (Å²) >= 11 is 0. The number of ether oxygens (including phenoxy) is 3. The Hall–Kier alpha value is -4.13. The quantitative estimate of drug-likeness (QED) is 0.227. The monoisotopic (exact) mass is 543 g/mol. The maximum atomic E-state index is 14.4. The number of amides is 1. The molecule has 0 saturated heterocycles. The first kappa shape index (κ1) is 27.9. The van der Waals surface area contributed by atoms with Gasteiger partial charge in [-0.05, 0) is 35.9 Å². The number of hydrogen-bond acceptors (Lipinski definition) is 5. The molecular formula is C32H30ClNO5. The first-order valence-electron chi connectivity index (χ1n) is 12.6. The molecule has 1 aliphatic rings. The van der Waals surface area contributed by atoms with Crippen LogP contribution in [0, 0.1) is 0 Å². The maximum Gasteiger partial charge on any atom is 0.319 e. The summed E-state index contributed by atoms with van der Waals surface area (Å²) in [6, 6.07) is 32.2. The highest BCUT2D eigenvalue weighted by Crippen LogP contribution is 2.34. The highest BCUT2D eigenvalue weighted by atomic mass is 35.5. The lowest BCUT2D eigenvalue weighted by Crippen LogP contribution is -3.00. The van der Waals surface area contributed by atoms with Crippen molar-refractivity contribution in [3.05, 3.63) is 125 Å².